The number of phenolic OH excluding ortho intramolecular Hbond substituents is 1. The molecule has 4 heteroatoms. The number of nitrogens with two attached hydrogens (primary N) is 2. The summed E-state index contributed by atoms with van der Waals surface area (Å²) >= 11 is 0. The summed E-state index contributed by atoms with van der Waals surface area (Å²) in [5.41, 5.74) is 9.27. The molecule has 0 radical (unpaired) electrons. The van der Waals surface area contributed by atoms with E-state index in [1.807, 2.05) is 18.2 Å². The van der Waals surface area contributed by atoms with Gasteiger partial charge in [0.1, 0.15) is 11.6 Å². The SMILES string of the molecule is CCC(C)(C)C(/C=C(/N)NN)c1cccc(O)c1. The van der Waals surface area contributed by atoms with Crippen LogP contribution in [0.15, 0.2) is 36.2 Å². The Morgan fingerprint density at radius 1 is 1.50 bits per heavy atom. The molecule has 0 aliphatic carbocycles. The van der Waals surface area contributed by atoms with Crippen molar-refractivity contribution in [1.82, 2.24) is 5.43 Å². The summed E-state index contributed by atoms with van der Waals surface area (Å²) in [5.74, 6) is 6.11. The smallest absolute Gasteiger partial charge is 0.115 e. The average molecular weight is 249 g/mol. The summed E-state index contributed by atoms with van der Waals surface area (Å²) in [6, 6.07) is 7.25. The van der Waals surface area contributed by atoms with E-state index in [-0.39, 0.29) is 17.1 Å². The van der Waals surface area contributed by atoms with Gasteiger partial charge in [0, 0.05) is 5.92 Å². The zero-order valence-corrected chi connectivity index (χ0v) is 11.3. The van der Waals surface area contributed by atoms with Crippen LogP contribution in [-0.2, 0) is 0 Å². The van der Waals surface area contributed by atoms with Crippen molar-refractivity contribution in [2.45, 2.75) is 33.1 Å². The fourth-order valence-corrected chi connectivity index (χ4v) is 1.94. The zero-order chi connectivity index (χ0) is 13.8. The number of aromatic hydroxyl groups is 1. The van der Waals surface area contributed by atoms with Gasteiger partial charge in [0.2, 0.25) is 0 Å². The highest BCUT2D eigenvalue weighted by molar-refractivity contribution is 5.34. The molecule has 0 spiro atoms. The van der Waals surface area contributed by atoms with E-state index in [1.54, 1.807) is 12.1 Å². The lowest BCUT2D eigenvalue weighted by molar-refractivity contribution is 0.309. The van der Waals surface area contributed by atoms with Crippen LogP contribution in [0.2, 0.25) is 0 Å². The maximum atomic E-state index is 9.60. The predicted octanol–water partition coefficient (Wildman–Crippen LogP) is 2.18. The van der Waals surface area contributed by atoms with Crippen LogP contribution in [0.3, 0.4) is 0 Å². The number of allylic oxidation sites excluding steroid dienone is 1. The molecule has 0 aliphatic heterocycles. The van der Waals surface area contributed by atoms with Gasteiger partial charge in [-0.25, -0.2) is 5.84 Å². The van der Waals surface area contributed by atoms with Gasteiger partial charge in [-0.05, 0) is 29.2 Å². The molecule has 1 rings (SSSR count). The molecule has 0 amide bonds. The van der Waals surface area contributed by atoms with Gasteiger partial charge < -0.3 is 16.3 Å². The number of phenols is 1. The standard InChI is InChI=1S/C14H23N3O/c1-4-14(2,3)12(9-13(15)17-16)10-6-5-7-11(18)8-10/h5-9,12,17-18H,4,15-16H2,1-3H3/b13-9-. The number of hydrogen-bond donors (Lipinski definition) is 4. The van der Waals surface area contributed by atoms with Crippen molar-refractivity contribution in [1.29, 1.82) is 0 Å². The second-order valence-electron chi connectivity index (χ2n) is 5.18. The molecule has 0 heterocycles. The molecule has 0 saturated carbocycles. The largest absolute Gasteiger partial charge is 0.508 e. The fourth-order valence-electron chi connectivity index (χ4n) is 1.94. The van der Waals surface area contributed by atoms with Crippen molar-refractivity contribution >= 4 is 0 Å². The van der Waals surface area contributed by atoms with Crippen molar-refractivity contribution in [3.05, 3.63) is 41.7 Å². The molecule has 100 valence electrons. The summed E-state index contributed by atoms with van der Waals surface area (Å²) in [7, 11) is 0. The van der Waals surface area contributed by atoms with Gasteiger partial charge in [-0.2, -0.15) is 0 Å². The van der Waals surface area contributed by atoms with Crippen LogP contribution in [-0.4, -0.2) is 5.11 Å². The lowest BCUT2D eigenvalue weighted by Gasteiger charge is -2.32. The molecule has 0 fully saturated rings. The second-order valence-corrected chi connectivity index (χ2v) is 5.18. The molecule has 0 bridgehead atoms. The maximum Gasteiger partial charge on any atom is 0.115 e. The van der Waals surface area contributed by atoms with Crippen molar-refractivity contribution < 1.29 is 5.11 Å². The monoisotopic (exact) mass is 249 g/mol. The van der Waals surface area contributed by atoms with Crippen molar-refractivity contribution in [2.75, 3.05) is 0 Å². The minimum absolute atomic E-state index is 0.0231. The minimum Gasteiger partial charge on any atom is -0.508 e. The summed E-state index contributed by atoms with van der Waals surface area (Å²) in [6.45, 7) is 6.47. The summed E-state index contributed by atoms with van der Waals surface area (Å²) in [4.78, 5) is 0. The van der Waals surface area contributed by atoms with Gasteiger partial charge in [-0.3, -0.25) is 0 Å². The number of hydrazine groups is 1. The van der Waals surface area contributed by atoms with Gasteiger partial charge >= 0.3 is 0 Å². The number of nitrogens with one attached hydrogen (secondary N) is 1. The first kappa shape index (κ1) is 14.4. The molecule has 0 aromatic heterocycles. The predicted molar refractivity (Wildman–Crippen MR) is 74.5 cm³/mol. The molecule has 6 N–H and O–H groups in total. The number of rotatable bonds is 5. The third-order valence-electron chi connectivity index (χ3n) is 3.50. The maximum absolute atomic E-state index is 9.60. The molecule has 4 nitrogen and oxygen atoms in total. The lowest BCUT2D eigenvalue weighted by atomic mass is 9.73. The van der Waals surface area contributed by atoms with Crippen LogP contribution >= 0.6 is 0 Å². The van der Waals surface area contributed by atoms with Gasteiger partial charge in [-0.15, -0.1) is 0 Å². The Bertz CT molecular complexity index is 427. The van der Waals surface area contributed by atoms with Gasteiger partial charge in [-0.1, -0.05) is 39.3 Å². The van der Waals surface area contributed by atoms with Crippen LogP contribution < -0.4 is 17.0 Å². The van der Waals surface area contributed by atoms with E-state index in [0.29, 0.717) is 5.82 Å². The van der Waals surface area contributed by atoms with Gasteiger partial charge in [0.15, 0.2) is 0 Å². The van der Waals surface area contributed by atoms with Crippen molar-refractivity contribution in [3.63, 3.8) is 0 Å². The van der Waals surface area contributed by atoms with Crippen LogP contribution in [0.4, 0.5) is 0 Å². The highest BCUT2D eigenvalue weighted by Gasteiger charge is 2.28. The molecule has 18 heavy (non-hydrogen) atoms. The normalized spacial score (nSPS) is 14.3. The average Bonchev–Trinajstić information content (AvgIpc) is 2.35. The molecular formula is C14H23N3O. The number of hydrogen-bond acceptors (Lipinski definition) is 4. The van der Waals surface area contributed by atoms with Crippen LogP contribution in [0.25, 0.3) is 0 Å². The highest BCUT2D eigenvalue weighted by atomic mass is 16.3. The quantitative estimate of drug-likeness (QED) is 0.476. The van der Waals surface area contributed by atoms with Crippen molar-refractivity contribution in [2.24, 2.45) is 17.0 Å². The van der Waals surface area contributed by atoms with E-state index in [4.69, 9.17) is 11.6 Å². The Kier molecular flexibility index (Phi) is 4.62. The molecular weight excluding hydrogens is 226 g/mol. The van der Waals surface area contributed by atoms with E-state index in [0.717, 1.165) is 12.0 Å². The molecule has 1 unspecified atom stereocenters. The first-order chi connectivity index (χ1) is 8.40. The Hall–Kier alpha value is -1.68. The van der Waals surface area contributed by atoms with Crippen LogP contribution in [0, 0.1) is 5.41 Å². The summed E-state index contributed by atoms with van der Waals surface area (Å²) in [5, 5.41) is 9.60. The van der Waals surface area contributed by atoms with Crippen molar-refractivity contribution in [3.8, 4) is 5.75 Å². The first-order valence-corrected chi connectivity index (χ1v) is 6.13. The third kappa shape index (κ3) is 3.40. The second kappa shape index (κ2) is 5.78. The number of benzene rings is 1. The van der Waals surface area contributed by atoms with E-state index >= 15 is 0 Å². The Labute approximate surface area is 109 Å². The summed E-state index contributed by atoms with van der Waals surface area (Å²) in [6.07, 6.45) is 2.89. The molecule has 1 aromatic carbocycles. The third-order valence-corrected chi connectivity index (χ3v) is 3.50. The van der Waals surface area contributed by atoms with E-state index in [9.17, 15) is 5.11 Å². The van der Waals surface area contributed by atoms with Crippen LogP contribution in [0.1, 0.15) is 38.7 Å². The summed E-state index contributed by atoms with van der Waals surface area (Å²) < 4.78 is 0. The fraction of sp³-hybridized carbons (Fsp3) is 0.429. The molecule has 0 aliphatic rings. The molecule has 1 aromatic rings. The Morgan fingerprint density at radius 2 is 2.17 bits per heavy atom. The topological polar surface area (TPSA) is 84.3 Å². The minimum atomic E-state index is 0.0231. The first-order valence-electron chi connectivity index (χ1n) is 6.13. The van der Waals surface area contributed by atoms with E-state index < -0.39 is 0 Å². The Morgan fingerprint density at radius 3 is 2.67 bits per heavy atom. The van der Waals surface area contributed by atoms with Crippen LogP contribution in [0.5, 0.6) is 5.75 Å². The van der Waals surface area contributed by atoms with Gasteiger partial charge in [0.25, 0.3) is 0 Å². The molecule has 1 atom stereocenters. The van der Waals surface area contributed by atoms with E-state index in [1.165, 1.54) is 0 Å². The van der Waals surface area contributed by atoms with Gasteiger partial charge in [0.05, 0.1) is 0 Å². The lowest BCUT2D eigenvalue weighted by Crippen LogP contribution is -2.29. The van der Waals surface area contributed by atoms with E-state index in [2.05, 4.69) is 26.2 Å². The Balaban J connectivity index is 3.21. The highest BCUT2D eigenvalue weighted by Crippen LogP contribution is 2.40. The zero-order valence-electron chi connectivity index (χ0n) is 11.3. The molecule has 0 saturated heterocycles.